The van der Waals surface area contributed by atoms with Crippen LogP contribution in [0, 0.1) is 5.92 Å². The summed E-state index contributed by atoms with van der Waals surface area (Å²) < 4.78 is 16.4. The average molecular weight is 384 g/mol. The van der Waals surface area contributed by atoms with E-state index in [1.807, 2.05) is 23.1 Å². The lowest BCUT2D eigenvalue weighted by Gasteiger charge is -2.32. The smallest absolute Gasteiger partial charge is 0.321 e. The maximum Gasteiger partial charge on any atom is 0.321 e. The third-order valence-electron chi connectivity index (χ3n) is 4.92. The molecule has 1 N–H and O–H groups in total. The van der Waals surface area contributed by atoms with Crippen LogP contribution in [0.3, 0.4) is 0 Å². The minimum absolute atomic E-state index is 0.115. The average Bonchev–Trinajstić information content (AvgIpc) is 2.75. The van der Waals surface area contributed by atoms with E-state index in [0.717, 1.165) is 19.4 Å². The molecule has 1 heterocycles. The Labute approximate surface area is 166 Å². The summed E-state index contributed by atoms with van der Waals surface area (Å²) in [4.78, 5) is 14.6. The first-order chi connectivity index (χ1) is 13.7. The van der Waals surface area contributed by atoms with E-state index >= 15 is 0 Å². The summed E-state index contributed by atoms with van der Waals surface area (Å²) in [5, 5.41) is 2.95. The Morgan fingerprint density at radius 1 is 1.14 bits per heavy atom. The SMILES string of the molecule is COc1ccc(NC(=O)N2CCC[C@@H](COCc3ccccc3)C2)c(OC)c1. The predicted molar refractivity (Wildman–Crippen MR) is 109 cm³/mol. The molecule has 0 radical (unpaired) electrons. The number of methoxy groups -OCH3 is 2. The third-order valence-corrected chi connectivity index (χ3v) is 4.92. The van der Waals surface area contributed by atoms with Gasteiger partial charge in [-0.05, 0) is 30.5 Å². The number of anilines is 1. The molecule has 6 heteroatoms. The molecule has 1 atom stereocenters. The van der Waals surface area contributed by atoms with Crippen molar-refractivity contribution in [3.63, 3.8) is 0 Å². The van der Waals surface area contributed by atoms with Gasteiger partial charge in [0.25, 0.3) is 0 Å². The van der Waals surface area contributed by atoms with Crippen molar-refractivity contribution in [2.24, 2.45) is 5.92 Å². The molecule has 2 amide bonds. The number of amides is 2. The minimum Gasteiger partial charge on any atom is -0.497 e. The Morgan fingerprint density at radius 2 is 1.96 bits per heavy atom. The first-order valence-corrected chi connectivity index (χ1v) is 9.59. The van der Waals surface area contributed by atoms with Gasteiger partial charge < -0.3 is 24.4 Å². The number of nitrogens with one attached hydrogen (secondary N) is 1. The van der Waals surface area contributed by atoms with Gasteiger partial charge in [0.2, 0.25) is 0 Å². The van der Waals surface area contributed by atoms with Crippen molar-refractivity contribution >= 4 is 11.7 Å². The molecule has 1 saturated heterocycles. The van der Waals surface area contributed by atoms with Crippen molar-refractivity contribution in [2.45, 2.75) is 19.4 Å². The van der Waals surface area contributed by atoms with Crippen LogP contribution in [0.5, 0.6) is 11.5 Å². The first-order valence-electron chi connectivity index (χ1n) is 9.59. The van der Waals surface area contributed by atoms with Gasteiger partial charge in [-0.2, -0.15) is 0 Å². The highest BCUT2D eigenvalue weighted by atomic mass is 16.5. The lowest BCUT2D eigenvalue weighted by Crippen LogP contribution is -2.43. The topological polar surface area (TPSA) is 60.0 Å². The summed E-state index contributed by atoms with van der Waals surface area (Å²) in [6, 6.07) is 15.4. The van der Waals surface area contributed by atoms with Crippen LogP contribution < -0.4 is 14.8 Å². The quantitative estimate of drug-likeness (QED) is 0.779. The highest BCUT2D eigenvalue weighted by molar-refractivity contribution is 5.91. The van der Waals surface area contributed by atoms with Crippen LogP contribution in [0.15, 0.2) is 48.5 Å². The molecule has 0 unspecified atom stereocenters. The van der Waals surface area contributed by atoms with Gasteiger partial charge in [-0.3, -0.25) is 0 Å². The van der Waals surface area contributed by atoms with Gasteiger partial charge >= 0.3 is 6.03 Å². The van der Waals surface area contributed by atoms with Crippen LogP contribution in [0.2, 0.25) is 0 Å². The molecule has 0 aromatic heterocycles. The standard InChI is InChI=1S/C22H28N2O4/c1-26-19-10-11-20(21(13-19)27-2)23-22(25)24-12-6-9-18(14-24)16-28-15-17-7-4-3-5-8-17/h3-5,7-8,10-11,13,18H,6,9,12,14-16H2,1-2H3,(H,23,25)/t18-/m1/s1. The number of urea groups is 1. The number of carbonyl (C=O) groups is 1. The number of hydrogen-bond acceptors (Lipinski definition) is 4. The number of benzene rings is 2. The van der Waals surface area contributed by atoms with Gasteiger partial charge in [0.15, 0.2) is 0 Å². The Hall–Kier alpha value is -2.73. The first kappa shape index (κ1) is 20.0. The van der Waals surface area contributed by atoms with E-state index in [9.17, 15) is 4.79 Å². The number of nitrogens with zero attached hydrogens (tertiary/aromatic N) is 1. The van der Waals surface area contributed by atoms with Crippen LogP contribution in [0.25, 0.3) is 0 Å². The summed E-state index contributed by atoms with van der Waals surface area (Å²) in [6.45, 7) is 2.70. The minimum atomic E-state index is -0.115. The van der Waals surface area contributed by atoms with E-state index in [1.165, 1.54) is 5.56 Å². The predicted octanol–water partition coefficient (Wildman–Crippen LogP) is 4.16. The van der Waals surface area contributed by atoms with Gasteiger partial charge in [0.1, 0.15) is 11.5 Å². The fraction of sp³-hybridized carbons (Fsp3) is 0.409. The lowest BCUT2D eigenvalue weighted by atomic mass is 9.99. The zero-order chi connectivity index (χ0) is 19.8. The van der Waals surface area contributed by atoms with Crippen LogP contribution in [-0.2, 0) is 11.3 Å². The molecular weight excluding hydrogens is 356 g/mol. The third kappa shape index (κ3) is 5.39. The van der Waals surface area contributed by atoms with Crippen molar-refractivity contribution in [1.29, 1.82) is 0 Å². The lowest BCUT2D eigenvalue weighted by molar-refractivity contribution is 0.0606. The fourth-order valence-corrected chi connectivity index (χ4v) is 3.40. The number of piperidine rings is 1. The molecule has 0 aliphatic carbocycles. The number of carbonyl (C=O) groups excluding carboxylic acids is 1. The fourth-order valence-electron chi connectivity index (χ4n) is 3.40. The van der Waals surface area contributed by atoms with Crippen LogP contribution in [0.1, 0.15) is 18.4 Å². The Kier molecular flexibility index (Phi) is 7.14. The Morgan fingerprint density at radius 3 is 2.71 bits per heavy atom. The van der Waals surface area contributed by atoms with Gasteiger partial charge in [-0.25, -0.2) is 4.79 Å². The second-order valence-corrected chi connectivity index (χ2v) is 6.95. The van der Waals surface area contributed by atoms with Crippen molar-refractivity contribution in [1.82, 2.24) is 4.90 Å². The molecule has 3 rings (SSSR count). The van der Waals surface area contributed by atoms with Crippen LogP contribution in [0.4, 0.5) is 10.5 Å². The largest absolute Gasteiger partial charge is 0.497 e. The molecule has 0 spiro atoms. The monoisotopic (exact) mass is 384 g/mol. The van der Waals surface area contributed by atoms with E-state index in [1.54, 1.807) is 32.4 Å². The molecule has 2 aromatic rings. The van der Waals surface area contributed by atoms with Crippen molar-refractivity contribution in [3.8, 4) is 11.5 Å². The van der Waals surface area contributed by atoms with E-state index in [4.69, 9.17) is 14.2 Å². The van der Waals surface area contributed by atoms with Crippen molar-refractivity contribution < 1.29 is 19.0 Å². The maximum atomic E-state index is 12.7. The van der Waals surface area contributed by atoms with Crippen molar-refractivity contribution in [2.75, 3.05) is 39.2 Å². The second-order valence-electron chi connectivity index (χ2n) is 6.95. The molecule has 1 fully saturated rings. The number of hydrogen-bond donors (Lipinski definition) is 1. The van der Waals surface area contributed by atoms with Crippen molar-refractivity contribution in [3.05, 3.63) is 54.1 Å². The zero-order valence-corrected chi connectivity index (χ0v) is 16.5. The summed E-state index contributed by atoms with van der Waals surface area (Å²) >= 11 is 0. The highest BCUT2D eigenvalue weighted by Gasteiger charge is 2.24. The molecule has 0 saturated carbocycles. The summed E-state index contributed by atoms with van der Waals surface area (Å²) in [7, 11) is 3.17. The van der Waals surface area contributed by atoms with E-state index in [-0.39, 0.29) is 6.03 Å². The normalized spacial score (nSPS) is 16.5. The van der Waals surface area contributed by atoms with Gasteiger partial charge in [-0.1, -0.05) is 30.3 Å². The molecule has 1 aliphatic heterocycles. The second kappa shape index (κ2) is 9.99. The molecule has 2 aromatic carbocycles. The summed E-state index contributed by atoms with van der Waals surface area (Å²) in [6.07, 6.45) is 2.05. The maximum absolute atomic E-state index is 12.7. The Bertz CT molecular complexity index is 766. The van der Waals surface area contributed by atoms with E-state index in [2.05, 4.69) is 17.4 Å². The highest BCUT2D eigenvalue weighted by Crippen LogP contribution is 2.29. The van der Waals surface area contributed by atoms with Gasteiger partial charge in [-0.15, -0.1) is 0 Å². The summed E-state index contributed by atoms with van der Waals surface area (Å²) in [5.74, 6) is 1.61. The molecule has 1 aliphatic rings. The molecular formula is C22H28N2O4. The molecule has 150 valence electrons. The molecule has 0 bridgehead atoms. The van der Waals surface area contributed by atoms with E-state index in [0.29, 0.717) is 42.9 Å². The van der Waals surface area contributed by atoms with Gasteiger partial charge in [0, 0.05) is 25.1 Å². The van der Waals surface area contributed by atoms with Gasteiger partial charge in [0.05, 0.1) is 33.1 Å². The van der Waals surface area contributed by atoms with E-state index < -0.39 is 0 Å². The molecule has 28 heavy (non-hydrogen) atoms. The van der Waals surface area contributed by atoms with Crippen LogP contribution in [-0.4, -0.2) is 44.8 Å². The number of likely N-dealkylation sites (tertiary alicyclic amines) is 1. The summed E-state index contributed by atoms with van der Waals surface area (Å²) in [5.41, 5.74) is 1.80. The number of rotatable bonds is 7. The zero-order valence-electron chi connectivity index (χ0n) is 16.5. The Balaban J connectivity index is 1.51. The van der Waals surface area contributed by atoms with Crippen LogP contribution >= 0.6 is 0 Å². The molecule has 6 nitrogen and oxygen atoms in total. The number of ether oxygens (including phenoxy) is 3.